The van der Waals surface area contributed by atoms with Gasteiger partial charge in [-0.1, -0.05) is 18.2 Å². The number of hydrogen-bond donors (Lipinski definition) is 2. The average molecular weight is 544 g/mol. The van der Waals surface area contributed by atoms with E-state index in [4.69, 9.17) is 4.99 Å². The highest BCUT2D eigenvalue weighted by Crippen LogP contribution is 2.12. The van der Waals surface area contributed by atoms with Crippen LogP contribution in [0.3, 0.4) is 0 Å². The molecule has 1 saturated heterocycles. The minimum absolute atomic E-state index is 0. The van der Waals surface area contributed by atoms with Gasteiger partial charge in [0.2, 0.25) is 0 Å². The Morgan fingerprint density at radius 1 is 1.33 bits per heavy atom. The third-order valence-corrected chi connectivity index (χ3v) is 6.16. The molecule has 0 saturated carbocycles. The van der Waals surface area contributed by atoms with Gasteiger partial charge in [-0.2, -0.15) is 0 Å². The molecule has 0 amide bonds. The molecule has 7 nitrogen and oxygen atoms in total. The molecular weight excluding hydrogens is 509 g/mol. The molecule has 1 fully saturated rings. The standard InChI is InChI=1S/C21H33N7S.HI/c1-16(2)15-28-11-8-18(9-12-28)24-21(22-10-7-19-6-5-13-29-19)23-14-20-26-25-17(3)27(20)4;/h5-6,13,18H,1,7-12,14-15H2,2-4H3,(H2,22,23,24);1H. The van der Waals surface area contributed by atoms with Gasteiger partial charge in [-0.15, -0.1) is 45.5 Å². The maximum Gasteiger partial charge on any atom is 0.191 e. The van der Waals surface area contributed by atoms with Crippen molar-refractivity contribution in [3.8, 4) is 0 Å². The second kappa shape index (κ2) is 12.4. The van der Waals surface area contributed by atoms with Gasteiger partial charge in [-0.3, -0.25) is 4.90 Å². The van der Waals surface area contributed by atoms with Crippen molar-refractivity contribution in [3.63, 3.8) is 0 Å². The van der Waals surface area contributed by atoms with Gasteiger partial charge in [0.05, 0.1) is 0 Å². The van der Waals surface area contributed by atoms with E-state index in [2.05, 4.69) is 56.7 Å². The Hall–Kier alpha value is -1.46. The Balaban J connectivity index is 0.00000320. The van der Waals surface area contributed by atoms with Gasteiger partial charge in [-0.05, 0) is 44.6 Å². The molecule has 9 heteroatoms. The van der Waals surface area contributed by atoms with Crippen molar-refractivity contribution in [1.29, 1.82) is 0 Å². The van der Waals surface area contributed by atoms with E-state index in [0.29, 0.717) is 12.6 Å². The molecule has 3 heterocycles. The lowest BCUT2D eigenvalue weighted by Crippen LogP contribution is -2.49. The molecular formula is C21H34IN7S. The fourth-order valence-electron chi connectivity index (χ4n) is 3.46. The lowest BCUT2D eigenvalue weighted by molar-refractivity contribution is 0.221. The molecule has 0 atom stereocenters. The minimum atomic E-state index is 0. The number of nitrogens with zero attached hydrogens (tertiary/aromatic N) is 5. The van der Waals surface area contributed by atoms with Crippen LogP contribution in [-0.4, -0.2) is 57.8 Å². The fourth-order valence-corrected chi connectivity index (χ4v) is 4.17. The summed E-state index contributed by atoms with van der Waals surface area (Å²) >= 11 is 1.80. The van der Waals surface area contributed by atoms with Crippen LogP contribution in [0.5, 0.6) is 0 Å². The molecule has 2 aromatic heterocycles. The maximum atomic E-state index is 4.80. The van der Waals surface area contributed by atoms with Crippen LogP contribution in [0.15, 0.2) is 34.7 Å². The summed E-state index contributed by atoms with van der Waals surface area (Å²) in [4.78, 5) is 8.65. The van der Waals surface area contributed by atoms with Crippen molar-refractivity contribution in [2.45, 2.75) is 45.7 Å². The van der Waals surface area contributed by atoms with Gasteiger partial charge >= 0.3 is 0 Å². The van der Waals surface area contributed by atoms with Crippen LogP contribution >= 0.6 is 35.3 Å². The van der Waals surface area contributed by atoms with Crippen molar-refractivity contribution in [2.24, 2.45) is 12.0 Å². The SMILES string of the molecule is C=C(C)CN1CCC(NC(=NCc2nnc(C)n2C)NCCc2cccs2)CC1.I. The van der Waals surface area contributed by atoms with Crippen molar-refractivity contribution in [1.82, 2.24) is 30.3 Å². The van der Waals surface area contributed by atoms with Crippen molar-refractivity contribution >= 4 is 41.3 Å². The van der Waals surface area contributed by atoms with Gasteiger partial charge in [0.25, 0.3) is 0 Å². The number of aliphatic imine (C=N–C) groups is 1. The number of nitrogens with one attached hydrogen (secondary N) is 2. The van der Waals surface area contributed by atoms with Crippen LogP contribution in [-0.2, 0) is 20.0 Å². The van der Waals surface area contributed by atoms with Gasteiger partial charge in [0.1, 0.15) is 12.4 Å². The summed E-state index contributed by atoms with van der Waals surface area (Å²) in [5.74, 6) is 2.64. The first-order chi connectivity index (χ1) is 14.0. The Morgan fingerprint density at radius 3 is 2.70 bits per heavy atom. The molecule has 0 unspecified atom stereocenters. The van der Waals surface area contributed by atoms with Crippen molar-refractivity contribution < 1.29 is 0 Å². The van der Waals surface area contributed by atoms with Crippen molar-refractivity contribution in [3.05, 3.63) is 46.2 Å². The van der Waals surface area contributed by atoms with E-state index < -0.39 is 0 Å². The summed E-state index contributed by atoms with van der Waals surface area (Å²) in [6.45, 7) is 12.6. The molecule has 2 aromatic rings. The normalized spacial score (nSPS) is 15.6. The summed E-state index contributed by atoms with van der Waals surface area (Å²) in [5.41, 5.74) is 1.23. The molecule has 1 aliphatic rings. The van der Waals surface area contributed by atoms with Gasteiger partial charge < -0.3 is 15.2 Å². The third kappa shape index (κ3) is 7.66. The van der Waals surface area contributed by atoms with Crippen LogP contribution in [0.1, 0.15) is 36.3 Å². The summed E-state index contributed by atoms with van der Waals surface area (Å²) < 4.78 is 1.99. The number of aryl methyl sites for hydroxylation is 1. The molecule has 0 radical (unpaired) electrons. The second-order valence-corrected chi connectivity index (χ2v) is 8.83. The maximum absolute atomic E-state index is 4.80. The van der Waals surface area contributed by atoms with E-state index in [0.717, 1.165) is 63.0 Å². The molecule has 0 bridgehead atoms. The highest BCUT2D eigenvalue weighted by Gasteiger charge is 2.20. The Kier molecular flexibility index (Phi) is 10.3. The van der Waals surface area contributed by atoms with Crippen LogP contribution in [0, 0.1) is 6.92 Å². The lowest BCUT2D eigenvalue weighted by Gasteiger charge is -2.33. The molecule has 166 valence electrons. The highest BCUT2D eigenvalue weighted by atomic mass is 127. The van der Waals surface area contributed by atoms with Crippen LogP contribution < -0.4 is 10.6 Å². The quantitative estimate of drug-likeness (QED) is 0.232. The van der Waals surface area contributed by atoms with Gasteiger partial charge in [-0.25, -0.2) is 4.99 Å². The van der Waals surface area contributed by atoms with Crippen LogP contribution in [0.4, 0.5) is 0 Å². The zero-order chi connectivity index (χ0) is 20.6. The fraction of sp³-hybridized carbons (Fsp3) is 0.571. The monoisotopic (exact) mass is 543 g/mol. The number of hydrogen-bond acceptors (Lipinski definition) is 5. The third-order valence-electron chi connectivity index (χ3n) is 5.23. The summed E-state index contributed by atoms with van der Waals surface area (Å²) in [7, 11) is 1.98. The molecule has 0 aliphatic carbocycles. The summed E-state index contributed by atoms with van der Waals surface area (Å²) in [6.07, 6.45) is 3.22. The Labute approximate surface area is 201 Å². The summed E-state index contributed by atoms with van der Waals surface area (Å²) in [6, 6.07) is 4.71. The van der Waals surface area contributed by atoms with Gasteiger partial charge in [0, 0.05) is 44.1 Å². The van der Waals surface area contributed by atoms with E-state index in [1.54, 1.807) is 11.3 Å². The van der Waals surface area contributed by atoms with Gasteiger partial charge in [0.15, 0.2) is 11.8 Å². The number of halogens is 1. The first-order valence-electron chi connectivity index (χ1n) is 10.3. The summed E-state index contributed by atoms with van der Waals surface area (Å²) in [5, 5.41) is 17.6. The molecule has 1 aliphatic heterocycles. The minimum Gasteiger partial charge on any atom is -0.356 e. The number of guanidine groups is 1. The number of thiophene rings is 1. The lowest BCUT2D eigenvalue weighted by atomic mass is 10.0. The first-order valence-corrected chi connectivity index (χ1v) is 11.2. The molecule has 0 spiro atoms. The molecule has 30 heavy (non-hydrogen) atoms. The van der Waals surface area contributed by atoms with E-state index in [1.165, 1.54) is 10.5 Å². The van der Waals surface area contributed by atoms with E-state index in [9.17, 15) is 0 Å². The zero-order valence-electron chi connectivity index (χ0n) is 18.2. The zero-order valence-corrected chi connectivity index (χ0v) is 21.4. The predicted molar refractivity (Wildman–Crippen MR) is 136 cm³/mol. The molecule has 3 rings (SSSR count). The van der Waals surface area contributed by atoms with E-state index in [-0.39, 0.29) is 24.0 Å². The average Bonchev–Trinajstić information content (AvgIpc) is 3.32. The largest absolute Gasteiger partial charge is 0.356 e. The molecule has 0 aromatic carbocycles. The van der Waals surface area contributed by atoms with E-state index >= 15 is 0 Å². The Morgan fingerprint density at radius 2 is 2.10 bits per heavy atom. The number of piperidine rings is 1. The van der Waals surface area contributed by atoms with Crippen molar-refractivity contribution in [2.75, 3.05) is 26.2 Å². The topological polar surface area (TPSA) is 70.4 Å². The Bertz CT molecular complexity index is 807. The highest BCUT2D eigenvalue weighted by molar-refractivity contribution is 14.0. The molecule has 2 N–H and O–H groups in total. The second-order valence-electron chi connectivity index (χ2n) is 7.80. The first kappa shape index (κ1) is 24.8. The number of likely N-dealkylation sites (tertiary alicyclic amines) is 1. The smallest absolute Gasteiger partial charge is 0.191 e. The van der Waals surface area contributed by atoms with E-state index in [1.807, 2.05) is 18.5 Å². The van der Waals surface area contributed by atoms with Crippen LogP contribution in [0.2, 0.25) is 0 Å². The predicted octanol–water partition coefficient (Wildman–Crippen LogP) is 3.12. The van der Waals surface area contributed by atoms with Crippen LogP contribution in [0.25, 0.3) is 0 Å². The number of rotatable bonds is 8. The number of aromatic nitrogens is 3.